The van der Waals surface area contributed by atoms with Gasteiger partial charge in [-0.2, -0.15) is 0 Å². The van der Waals surface area contributed by atoms with Crippen molar-refractivity contribution in [1.82, 2.24) is 0 Å². The van der Waals surface area contributed by atoms with Crippen LogP contribution >= 0.6 is 11.3 Å². The van der Waals surface area contributed by atoms with Crippen LogP contribution in [0.5, 0.6) is 5.75 Å². The molecule has 1 aromatic carbocycles. The second-order valence-electron chi connectivity index (χ2n) is 5.92. The molecular formula is C18H22O2S. The molecule has 2 unspecified atom stereocenters. The van der Waals surface area contributed by atoms with E-state index in [1.165, 1.54) is 16.9 Å². The van der Waals surface area contributed by atoms with Crippen molar-refractivity contribution in [3.8, 4) is 5.75 Å². The molecule has 0 aliphatic heterocycles. The van der Waals surface area contributed by atoms with Gasteiger partial charge in [0.1, 0.15) is 5.75 Å². The van der Waals surface area contributed by atoms with Crippen LogP contribution in [-0.2, 0) is 6.42 Å². The summed E-state index contributed by atoms with van der Waals surface area (Å²) in [5.74, 6) is 1.12. The Morgan fingerprint density at radius 3 is 2.86 bits per heavy atom. The summed E-state index contributed by atoms with van der Waals surface area (Å²) in [6, 6.07) is 6.31. The molecular weight excluding hydrogens is 280 g/mol. The fraction of sp³-hybridized carbons (Fsp3) is 0.444. The van der Waals surface area contributed by atoms with Crippen molar-refractivity contribution in [2.24, 2.45) is 0 Å². The Labute approximate surface area is 130 Å². The molecule has 1 aliphatic rings. The molecule has 1 heterocycles. The summed E-state index contributed by atoms with van der Waals surface area (Å²) in [5, 5.41) is 13.1. The lowest BCUT2D eigenvalue weighted by atomic mass is 9.80. The van der Waals surface area contributed by atoms with E-state index >= 15 is 0 Å². The normalized spacial score (nSPS) is 19.1. The van der Waals surface area contributed by atoms with Crippen LogP contribution in [0.1, 0.15) is 52.0 Å². The maximum atomic E-state index is 10.9. The van der Waals surface area contributed by atoms with Gasteiger partial charge >= 0.3 is 0 Å². The zero-order chi connectivity index (χ0) is 15.0. The van der Waals surface area contributed by atoms with Crippen LogP contribution < -0.4 is 4.74 Å². The molecule has 2 atom stereocenters. The number of benzene rings is 1. The highest BCUT2D eigenvalue weighted by Gasteiger charge is 2.29. The molecule has 3 heteroatoms. The van der Waals surface area contributed by atoms with Gasteiger partial charge in [0.2, 0.25) is 0 Å². The molecule has 0 amide bonds. The topological polar surface area (TPSA) is 29.5 Å². The molecule has 0 saturated heterocycles. The molecule has 3 rings (SSSR count). The Morgan fingerprint density at radius 2 is 2.10 bits per heavy atom. The van der Waals surface area contributed by atoms with Gasteiger partial charge in [-0.25, -0.2) is 0 Å². The number of fused-ring (bicyclic) bond motifs is 1. The van der Waals surface area contributed by atoms with Gasteiger partial charge in [-0.1, -0.05) is 0 Å². The average Bonchev–Trinajstić information content (AvgIpc) is 2.96. The van der Waals surface area contributed by atoms with Gasteiger partial charge < -0.3 is 9.84 Å². The maximum Gasteiger partial charge on any atom is 0.122 e. The molecule has 1 aromatic heterocycles. The first-order valence-corrected chi connectivity index (χ1v) is 8.39. The number of aliphatic hydroxyl groups excluding tert-OH is 1. The highest BCUT2D eigenvalue weighted by atomic mass is 32.1. The Bertz CT molecular complexity index is 645. The fourth-order valence-electron chi connectivity index (χ4n) is 3.42. The van der Waals surface area contributed by atoms with E-state index in [0.29, 0.717) is 0 Å². The van der Waals surface area contributed by atoms with E-state index in [9.17, 15) is 5.11 Å². The van der Waals surface area contributed by atoms with E-state index in [4.69, 9.17) is 4.74 Å². The van der Waals surface area contributed by atoms with Crippen molar-refractivity contribution < 1.29 is 9.84 Å². The van der Waals surface area contributed by atoms with Crippen molar-refractivity contribution in [2.75, 3.05) is 7.11 Å². The first-order valence-electron chi connectivity index (χ1n) is 7.51. The number of hydrogen-bond donors (Lipinski definition) is 1. The van der Waals surface area contributed by atoms with Gasteiger partial charge in [-0.15, -0.1) is 11.3 Å². The van der Waals surface area contributed by atoms with E-state index in [-0.39, 0.29) is 5.92 Å². The van der Waals surface area contributed by atoms with E-state index < -0.39 is 6.10 Å². The second-order valence-corrected chi connectivity index (χ2v) is 6.92. The van der Waals surface area contributed by atoms with E-state index in [0.717, 1.165) is 35.3 Å². The highest BCUT2D eigenvalue weighted by molar-refractivity contribution is 7.10. The van der Waals surface area contributed by atoms with Gasteiger partial charge in [0.05, 0.1) is 13.2 Å². The Morgan fingerprint density at radius 1 is 1.29 bits per heavy atom. The number of rotatable bonds is 3. The molecule has 1 aliphatic carbocycles. The standard InChI is InChI=1S/C18H22O2S/c1-11-10-16(20-3)12(2)9-15(11)18(19)14-5-4-6-17-13(14)7-8-21-17/h7-10,14,18-19H,4-6H2,1-3H3. The van der Waals surface area contributed by atoms with Gasteiger partial charge in [-0.3, -0.25) is 0 Å². The molecule has 0 spiro atoms. The van der Waals surface area contributed by atoms with Crippen molar-refractivity contribution in [3.63, 3.8) is 0 Å². The number of ether oxygens (including phenoxy) is 1. The SMILES string of the molecule is COc1cc(C)c(C(O)C2CCCc3sccc32)cc1C. The average molecular weight is 302 g/mol. The molecule has 2 nitrogen and oxygen atoms in total. The van der Waals surface area contributed by atoms with Gasteiger partial charge in [0.25, 0.3) is 0 Å². The minimum atomic E-state index is -0.428. The Balaban J connectivity index is 1.97. The van der Waals surface area contributed by atoms with E-state index in [1.807, 2.05) is 24.3 Å². The lowest BCUT2D eigenvalue weighted by molar-refractivity contribution is 0.135. The lowest BCUT2D eigenvalue weighted by Gasteiger charge is -2.29. The van der Waals surface area contributed by atoms with E-state index in [1.54, 1.807) is 7.11 Å². The summed E-state index contributed by atoms with van der Waals surface area (Å²) < 4.78 is 5.37. The van der Waals surface area contributed by atoms with Gasteiger partial charge in [0, 0.05) is 10.8 Å². The summed E-state index contributed by atoms with van der Waals surface area (Å²) in [6.07, 6.45) is 2.97. The first kappa shape index (κ1) is 14.6. The molecule has 0 bridgehead atoms. The van der Waals surface area contributed by atoms with Crippen molar-refractivity contribution in [2.45, 2.75) is 45.1 Å². The molecule has 0 fully saturated rings. The third-order valence-electron chi connectivity index (χ3n) is 4.58. The predicted octanol–water partition coefficient (Wildman–Crippen LogP) is 4.53. The zero-order valence-corrected chi connectivity index (χ0v) is 13.7. The molecule has 0 saturated carbocycles. The van der Waals surface area contributed by atoms with Crippen LogP contribution in [0.3, 0.4) is 0 Å². The van der Waals surface area contributed by atoms with Crippen molar-refractivity contribution in [3.05, 3.63) is 50.7 Å². The molecule has 2 aromatic rings. The predicted molar refractivity (Wildman–Crippen MR) is 87.4 cm³/mol. The number of hydrogen-bond acceptors (Lipinski definition) is 3. The van der Waals surface area contributed by atoms with E-state index in [2.05, 4.69) is 24.4 Å². The molecule has 0 radical (unpaired) electrons. The summed E-state index contributed by atoms with van der Waals surface area (Å²) in [7, 11) is 1.69. The molecule has 112 valence electrons. The van der Waals surface area contributed by atoms with Crippen molar-refractivity contribution in [1.29, 1.82) is 0 Å². The van der Waals surface area contributed by atoms with Crippen LogP contribution in [-0.4, -0.2) is 12.2 Å². The monoisotopic (exact) mass is 302 g/mol. The minimum Gasteiger partial charge on any atom is -0.496 e. The summed E-state index contributed by atoms with van der Waals surface area (Å²) >= 11 is 1.82. The lowest BCUT2D eigenvalue weighted by Crippen LogP contribution is -2.16. The van der Waals surface area contributed by atoms with Crippen LogP contribution in [0.25, 0.3) is 0 Å². The zero-order valence-electron chi connectivity index (χ0n) is 12.8. The second kappa shape index (κ2) is 5.82. The summed E-state index contributed by atoms with van der Waals surface area (Å²) in [5.41, 5.74) is 4.58. The van der Waals surface area contributed by atoms with Crippen LogP contribution in [0, 0.1) is 13.8 Å². The number of thiophene rings is 1. The fourth-order valence-corrected chi connectivity index (χ4v) is 4.41. The van der Waals surface area contributed by atoms with Gasteiger partial charge in [-0.05, 0) is 78.9 Å². The first-order chi connectivity index (χ1) is 10.1. The third-order valence-corrected chi connectivity index (χ3v) is 5.58. The molecule has 21 heavy (non-hydrogen) atoms. The van der Waals surface area contributed by atoms with Crippen LogP contribution in [0.15, 0.2) is 23.6 Å². The maximum absolute atomic E-state index is 10.9. The minimum absolute atomic E-state index is 0.228. The quantitative estimate of drug-likeness (QED) is 0.903. The number of methoxy groups -OCH3 is 1. The Hall–Kier alpha value is -1.32. The number of aliphatic hydroxyl groups is 1. The summed E-state index contributed by atoms with van der Waals surface area (Å²) in [6.45, 7) is 4.09. The third kappa shape index (κ3) is 2.60. The largest absolute Gasteiger partial charge is 0.496 e. The summed E-state index contributed by atoms with van der Waals surface area (Å²) in [4.78, 5) is 1.45. The van der Waals surface area contributed by atoms with Crippen molar-refractivity contribution >= 4 is 11.3 Å². The Kier molecular flexibility index (Phi) is 4.05. The molecule has 1 N–H and O–H groups in total. The smallest absolute Gasteiger partial charge is 0.122 e. The van der Waals surface area contributed by atoms with Crippen LogP contribution in [0.2, 0.25) is 0 Å². The van der Waals surface area contributed by atoms with Gasteiger partial charge in [0.15, 0.2) is 0 Å². The van der Waals surface area contributed by atoms with Crippen LogP contribution in [0.4, 0.5) is 0 Å². The highest BCUT2D eigenvalue weighted by Crippen LogP contribution is 2.43. The number of aryl methyl sites for hydroxylation is 3.